The Morgan fingerprint density at radius 1 is 1.35 bits per heavy atom. The van der Waals surface area contributed by atoms with Gasteiger partial charge in [-0.3, -0.25) is 4.79 Å². The molecule has 0 aliphatic heterocycles. The van der Waals surface area contributed by atoms with E-state index in [-0.39, 0.29) is 24.3 Å². The van der Waals surface area contributed by atoms with Gasteiger partial charge in [0.25, 0.3) is 0 Å². The minimum Gasteiger partial charge on any atom is -0.508 e. The molecule has 0 aromatic heterocycles. The summed E-state index contributed by atoms with van der Waals surface area (Å²) in [4.78, 5) is 14.1. The van der Waals surface area contributed by atoms with Gasteiger partial charge >= 0.3 is 0 Å². The van der Waals surface area contributed by atoms with Gasteiger partial charge < -0.3 is 20.8 Å². The van der Waals surface area contributed by atoms with Crippen LogP contribution in [0, 0.1) is 0 Å². The van der Waals surface area contributed by atoms with Gasteiger partial charge in [-0.2, -0.15) is 0 Å². The number of nitrogens with zero attached hydrogens (tertiary/aromatic N) is 1. The van der Waals surface area contributed by atoms with Crippen molar-refractivity contribution in [3.63, 3.8) is 0 Å². The molecule has 1 fully saturated rings. The normalized spacial score (nSPS) is 16.5. The highest BCUT2D eigenvalue weighted by Gasteiger charge is 2.31. The maximum atomic E-state index is 12.4. The Balaban J connectivity index is 1.97. The van der Waals surface area contributed by atoms with E-state index >= 15 is 0 Å². The molecule has 1 saturated carbocycles. The summed E-state index contributed by atoms with van der Waals surface area (Å²) in [6, 6.07) is 6.34. The number of hydrogen-bond acceptors (Lipinski definition) is 4. The molecule has 1 atom stereocenters. The molecule has 0 spiro atoms. The fraction of sp³-hybridized carbons (Fsp3) is 0.533. The van der Waals surface area contributed by atoms with Gasteiger partial charge in [-0.25, -0.2) is 0 Å². The molecule has 0 heterocycles. The van der Waals surface area contributed by atoms with Gasteiger partial charge in [0.2, 0.25) is 5.91 Å². The van der Waals surface area contributed by atoms with E-state index < -0.39 is 6.04 Å². The third-order valence-electron chi connectivity index (χ3n) is 3.85. The first kappa shape index (κ1) is 14.8. The lowest BCUT2D eigenvalue weighted by Crippen LogP contribution is -2.52. The average Bonchev–Trinajstić information content (AvgIpc) is 2.38. The van der Waals surface area contributed by atoms with Crippen LogP contribution in [0.2, 0.25) is 0 Å². The SMILES string of the molecule is N[C@H](Cc1ccc(O)cc1)C(=O)N(CCO)C1CCC1. The lowest BCUT2D eigenvalue weighted by atomic mass is 9.90. The number of aliphatic hydroxyl groups is 1. The average molecular weight is 278 g/mol. The molecule has 1 aliphatic rings. The second-order valence-corrected chi connectivity index (χ2v) is 5.32. The Kier molecular flexibility index (Phi) is 4.98. The molecule has 0 unspecified atom stereocenters. The summed E-state index contributed by atoms with van der Waals surface area (Å²) < 4.78 is 0. The molecule has 0 radical (unpaired) electrons. The highest BCUT2D eigenvalue weighted by molar-refractivity contribution is 5.82. The summed E-state index contributed by atoms with van der Waals surface area (Å²) in [6.45, 7) is 0.320. The van der Waals surface area contributed by atoms with Crippen LogP contribution in [0.3, 0.4) is 0 Å². The van der Waals surface area contributed by atoms with Crippen molar-refractivity contribution in [2.75, 3.05) is 13.2 Å². The van der Waals surface area contributed by atoms with Gasteiger partial charge in [-0.15, -0.1) is 0 Å². The molecule has 1 aromatic rings. The van der Waals surface area contributed by atoms with Crippen LogP contribution < -0.4 is 5.73 Å². The number of carbonyl (C=O) groups excluding carboxylic acids is 1. The topological polar surface area (TPSA) is 86.8 Å². The van der Waals surface area contributed by atoms with Crippen LogP contribution >= 0.6 is 0 Å². The van der Waals surface area contributed by atoms with E-state index in [0.717, 1.165) is 24.8 Å². The fourth-order valence-corrected chi connectivity index (χ4v) is 2.47. The van der Waals surface area contributed by atoms with Crippen LogP contribution in [0.15, 0.2) is 24.3 Å². The van der Waals surface area contributed by atoms with Gasteiger partial charge in [-0.1, -0.05) is 12.1 Å². The molecule has 0 bridgehead atoms. The molecule has 1 amide bonds. The Hall–Kier alpha value is -1.59. The largest absolute Gasteiger partial charge is 0.508 e. The number of aliphatic hydroxyl groups excluding tert-OH is 1. The van der Waals surface area contributed by atoms with Crippen molar-refractivity contribution in [3.8, 4) is 5.75 Å². The fourth-order valence-electron chi connectivity index (χ4n) is 2.47. The molecule has 5 nitrogen and oxygen atoms in total. The summed E-state index contributed by atoms with van der Waals surface area (Å²) in [6.07, 6.45) is 3.57. The third kappa shape index (κ3) is 3.49. The summed E-state index contributed by atoms with van der Waals surface area (Å²) >= 11 is 0. The molecular formula is C15H22N2O3. The first-order valence-corrected chi connectivity index (χ1v) is 7.06. The van der Waals surface area contributed by atoms with Crippen molar-refractivity contribution in [1.29, 1.82) is 0 Å². The van der Waals surface area contributed by atoms with E-state index in [1.54, 1.807) is 29.2 Å². The molecule has 4 N–H and O–H groups in total. The van der Waals surface area contributed by atoms with Crippen molar-refractivity contribution in [1.82, 2.24) is 4.90 Å². The van der Waals surface area contributed by atoms with E-state index in [9.17, 15) is 9.90 Å². The van der Waals surface area contributed by atoms with E-state index in [1.807, 2.05) is 0 Å². The lowest BCUT2D eigenvalue weighted by Gasteiger charge is -2.38. The number of hydrogen-bond donors (Lipinski definition) is 3. The molecule has 2 rings (SSSR count). The summed E-state index contributed by atoms with van der Waals surface area (Å²) in [5.41, 5.74) is 6.92. The van der Waals surface area contributed by atoms with Crippen LogP contribution in [-0.4, -0.2) is 46.3 Å². The zero-order valence-corrected chi connectivity index (χ0v) is 11.5. The Morgan fingerprint density at radius 2 is 2.00 bits per heavy atom. The molecule has 0 saturated heterocycles. The number of rotatable bonds is 6. The number of benzene rings is 1. The molecule has 1 aliphatic carbocycles. The van der Waals surface area contributed by atoms with Gasteiger partial charge in [-0.05, 0) is 43.4 Å². The minimum absolute atomic E-state index is 0.0336. The van der Waals surface area contributed by atoms with Crippen LogP contribution in [-0.2, 0) is 11.2 Å². The number of phenolic OH excluding ortho intramolecular Hbond substituents is 1. The van der Waals surface area contributed by atoms with Crippen LogP contribution in [0.5, 0.6) is 5.75 Å². The Morgan fingerprint density at radius 3 is 2.50 bits per heavy atom. The summed E-state index contributed by atoms with van der Waals surface area (Å²) in [5, 5.41) is 18.3. The smallest absolute Gasteiger partial charge is 0.240 e. The molecule has 20 heavy (non-hydrogen) atoms. The second kappa shape index (κ2) is 6.72. The maximum absolute atomic E-state index is 12.4. The molecule has 110 valence electrons. The first-order valence-electron chi connectivity index (χ1n) is 7.06. The number of phenols is 1. The number of nitrogens with two attached hydrogens (primary N) is 1. The third-order valence-corrected chi connectivity index (χ3v) is 3.85. The van der Waals surface area contributed by atoms with Crippen LogP contribution in [0.25, 0.3) is 0 Å². The van der Waals surface area contributed by atoms with Gasteiger partial charge in [0, 0.05) is 12.6 Å². The quantitative estimate of drug-likeness (QED) is 0.712. The number of carbonyl (C=O) groups is 1. The van der Waals surface area contributed by atoms with Crippen molar-refractivity contribution in [3.05, 3.63) is 29.8 Å². The van der Waals surface area contributed by atoms with E-state index in [4.69, 9.17) is 10.8 Å². The van der Waals surface area contributed by atoms with Crippen molar-refractivity contribution >= 4 is 5.91 Å². The first-order chi connectivity index (χ1) is 9.61. The Bertz CT molecular complexity index is 443. The molecule has 1 aromatic carbocycles. The lowest BCUT2D eigenvalue weighted by molar-refractivity contribution is -0.137. The maximum Gasteiger partial charge on any atom is 0.240 e. The highest BCUT2D eigenvalue weighted by Crippen LogP contribution is 2.25. The van der Waals surface area contributed by atoms with Gasteiger partial charge in [0.1, 0.15) is 5.75 Å². The Labute approximate surface area is 119 Å². The van der Waals surface area contributed by atoms with Crippen molar-refractivity contribution in [2.24, 2.45) is 5.73 Å². The predicted molar refractivity (Wildman–Crippen MR) is 76.2 cm³/mol. The minimum atomic E-state index is -0.605. The number of aromatic hydroxyl groups is 1. The second-order valence-electron chi connectivity index (χ2n) is 5.32. The highest BCUT2D eigenvalue weighted by atomic mass is 16.3. The molecule has 5 heteroatoms. The standard InChI is InChI=1S/C15H22N2O3/c16-14(10-11-4-6-13(19)7-5-11)15(20)17(8-9-18)12-2-1-3-12/h4-7,12,14,18-19H,1-3,8-10,16H2/t14-/m1/s1. The van der Waals surface area contributed by atoms with E-state index in [1.165, 1.54) is 0 Å². The zero-order chi connectivity index (χ0) is 14.5. The van der Waals surface area contributed by atoms with Gasteiger partial charge in [0.15, 0.2) is 0 Å². The molecular weight excluding hydrogens is 256 g/mol. The van der Waals surface area contributed by atoms with Gasteiger partial charge in [0.05, 0.1) is 12.6 Å². The van der Waals surface area contributed by atoms with Crippen molar-refractivity contribution in [2.45, 2.75) is 37.8 Å². The van der Waals surface area contributed by atoms with E-state index in [2.05, 4.69) is 0 Å². The van der Waals surface area contributed by atoms with E-state index in [0.29, 0.717) is 13.0 Å². The summed E-state index contributed by atoms with van der Waals surface area (Å²) in [7, 11) is 0. The zero-order valence-electron chi connectivity index (χ0n) is 11.5. The van der Waals surface area contributed by atoms with Crippen molar-refractivity contribution < 1.29 is 15.0 Å². The number of amides is 1. The predicted octanol–water partition coefficient (Wildman–Crippen LogP) is 0.635. The summed E-state index contributed by atoms with van der Waals surface area (Å²) in [5.74, 6) is 0.0989. The van der Waals surface area contributed by atoms with Crippen LogP contribution in [0.4, 0.5) is 0 Å². The van der Waals surface area contributed by atoms with Crippen LogP contribution in [0.1, 0.15) is 24.8 Å². The monoisotopic (exact) mass is 278 g/mol.